The van der Waals surface area contributed by atoms with Crippen molar-refractivity contribution in [1.29, 1.82) is 0 Å². The van der Waals surface area contributed by atoms with Crippen molar-refractivity contribution >= 4 is 28.7 Å². The first-order valence-corrected chi connectivity index (χ1v) is 8.78. The number of aldehydes is 1. The van der Waals surface area contributed by atoms with E-state index in [0.29, 0.717) is 5.56 Å². The van der Waals surface area contributed by atoms with Gasteiger partial charge in [-0.2, -0.15) is 0 Å². The molecular weight excluding hydrogens is 326 g/mol. The Bertz CT molecular complexity index is 919. The van der Waals surface area contributed by atoms with E-state index in [1.165, 1.54) is 5.69 Å². The topological polar surface area (TPSA) is 45.7 Å². The number of rotatable bonds is 4. The van der Waals surface area contributed by atoms with Gasteiger partial charge in [0.2, 0.25) is 0 Å². The predicted octanol–water partition coefficient (Wildman–Crippen LogP) is 3.38. The number of aromatic nitrogens is 1. The van der Waals surface area contributed by atoms with Crippen molar-refractivity contribution < 1.29 is 9.53 Å². The smallest absolute Gasteiger partial charge is 0.153 e. The number of pyridine rings is 1. The molecule has 5 heteroatoms. The van der Waals surface area contributed by atoms with Crippen LogP contribution >= 0.6 is 0 Å². The van der Waals surface area contributed by atoms with Gasteiger partial charge >= 0.3 is 0 Å². The fourth-order valence-electron chi connectivity index (χ4n) is 3.50. The number of anilines is 2. The largest absolute Gasteiger partial charge is 0.494 e. The van der Waals surface area contributed by atoms with Crippen LogP contribution in [0, 0.1) is 0 Å². The molecule has 1 aliphatic heterocycles. The quantitative estimate of drug-likeness (QED) is 0.677. The van der Waals surface area contributed by atoms with Gasteiger partial charge in [0, 0.05) is 37.3 Å². The van der Waals surface area contributed by atoms with Crippen LogP contribution in [0.5, 0.6) is 5.75 Å². The van der Waals surface area contributed by atoms with Crippen LogP contribution in [-0.2, 0) is 0 Å². The number of hydrogen-bond acceptors (Lipinski definition) is 5. The van der Waals surface area contributed by atoms with E-state index in [0.717, 1.165) is 54.9 Å². The molecule has 0 bridgehead atoms. The van der Waals surface area contributed by atoms with Gasteiger partial charge in [-0.25, -0.2) is 4.98 Å². The minimum atomic E-state index is 0.624. The fraction of sp³-hybridized carbons (Fsp3) is 0.238. The molecule has 2 aromatic carbocycles. The number of ether oxygens (including phenoxy) is 1. The zero-order valence-electron chi connectivity index (χ0n) is 14.8. The highest BCUT2D eigenvalue weighted by atomic mass is 16.5. The predicted molar refractivity (Wildman–Crippen MR) is 105 cm³/mol. The molecule has 2 heterocycles. The standard InChI is InChI=1S/C21H21N3O2/c1-26-19-9-5-6-16-14-17(15-25)21(22-20(16)19)24-12-10-23(11-13-24)18-7-3-2-4-8-18/h2-9,14-15H,10-13H2,1H3. The van der Waals surface area contributed by atoms with Crippen molar-refractivity contribution in [2.45, 2.75) is 0 Å². The van der Waals surface area contributed by atoms with Gasteiger partial charge < -0.3 is 14.5 Å². The van der Waals surface area contributed by atoms with Crippen LogP contribution in [0.1, 0.15) is 10.4 Å². The Morgan fingerprint density at radius 2 is 1.69 bits per heavy atom. The third-order valence-corrected chi connectivity index (χ3v) is 4.86. The van der Waals surface area contributed by atoms with Gasteiger partial charge in [-0.05, 0) is 24.3 Å². The number of carbonyl (C=O) groups excluding carboxylic acids is 1. The van der Waals surface area contributed by atoms with E-state index in [2.05, 4.69) is 34.1 Å². The van der Waals surface area contributed by atoms with Crippen LogP contribution in [0.15, 0.2) is 54.6 Å². The van der Waals surface area contributed by atoms with Crippen LogP contribution in [0.4, 0.5) is 11.5 Å². The molecule has 0 unspecified atom stereocenters. The van der Waals surface area contributed by atoms with Crippen molar-refractivity contribution in [3.63, 3.8) is 0 Å². The summed E-state index contributed by atoms with van der Waals surface area (Å²) in [5.41, 5.74) is 2.65. The van der Waals surface area contributed by atoms with Crippen LogP contribution in [-0.4, -0.2) is 44.6 Å². The van der Waals surface area contributed by atoms with Crippen molar-refractivity contribution in [1.82, 2.24) is 4.98 Å². The highest BCUT2D eigenvalue weighted by Gasteiger charge is 2.21. The second-order valence-electron chi connectivity index (χ2n) is 6.36. The molecule has 132 valence electrons. The highest BCUT2D eigenvalue weighted by Crippen LogP contribution is 2.29. The lowest BCUT2D eigenvalue weighted by molar-refractivity contribution is 0.112. The average molecular weight is 347 g/mol. The number of nitrogens with zero attached hydrogens (tertiary/aromatic N) is 3. The maximum absolute atomic E-state index is 11.6. The highest BCUT2D eigenvalue weighted by molar-refractivity contribution is 5.94. The maximum atomic E-state index is 11.6. The molecule has 0 spiro atoms. The van der Waals surface area contributed by atoms with Gasteiger partial charge in [0.05, 0.1) is 12.7 Å². The number of para-hydroxylation sites is 2. The van der Waals surface area contributed by atoms with Crippen molar-refractivity contribution in [2.24, 2.45) is 0 Å². The summed E-state index contributed by atoms with van der Waals surface area (Å²) in [6, 6.07) is 18.1. The van der Waals surface area contributed by atoms with Gasteiger partial charge in [-0.1, -0.05) is 30.3 Å². The first-order valence-electron chi connectivity index (χ1n) is 8.78. The second-order valence-corrected chi connectivity index (χ2v) is 6.36. The molecule has 0 N–H and O–H groups in total. The molecule has 4 rings (SSSR count). The lowest BCUT2D eigenvalue weighted by Crippen LogP contribution is -2.47. The van der Waals surface area contributed by atoms with Gasteiger partial charge in [0.1, 0.15) is 17.1 Å². The Morgan fingerprint density at radius 3 is 2.38 bits per heavy atom. The Morgan fingerprint density at radius 1 is 0.962 bits per heavy atom. The molecule has 26 heavy (non-hydrogen) atoms. The van der Waals surface area contributed by atoms with Crippen LogP contribution < -0.4 is 14.5 Å². The summed E-state index contributed by atoms with van der Waals surface area (Å²) in [7, 11) is 1.64. The maximum Gasteiger partial charge on any atom is 0.153 e. The lowest BCUT2D eigenvalue weighted by atomic mass is 10.1. The first kappa shape index (κ1) is 16.4. The summed E-state index contributed by atoms with van der Waals surface area (Å²) in [5.74, 6) is 1.47. The van der Waals surface area contributed by atoms with Crippen molar-refractivity contribution in [3.05, 3.63) is 60.2 Å². The Hall–Kier alpha value is -3.08. The minimum absolute atomic E-state index is 0.624. The zero-order chi connectivity index (χ0) is 17.9. The third-order valence-electron chi connectivity index (χ3n) is 4.86. The molecule has 1 saturated heterocycles. The second kappa shape index (κ2) is 7.04. The number of fused-ring (bicyclic) bond motifs is 1. The average Bonchev–Trinajstić information content (AvgIpc) is 2.73. The Kier molecular flexibility index (Phi) is 4.44. The number of piperazine rings is 1. The molecule has 0 radical (unpaired) electrons. The summed E-state index contributed by atoms with van der Waals surface area (Å²) >= 11 is 0. The molecule has 1 aliphatic rings. The molecule has 0 amide bonds. The van der Waals surface area contributed by atoms with E-state index in [1.807, 2.05) is 30.3 Å². The van der Waals surface area contributed by atoms with Gasteiger partial charge in [-0.3, -0.25) is 4.79 Å². The molecule has 3 aromatic rings. The molecular formula is C21H21N3O2. The van der Waals surface area contributed by atoms with E-state index in [4.69, 9.17) is 9.72 Å². The normalized spacial score (nSPS) is 14.5. The number of carbonyl (C=O) groups is 1. The summed E-state index contributed by atoms with van der Waals surface area (Å²) < 4.78 is 5.44. The van der Waals surface area contributed by atoms with Gasteiger partial charge in [0.15, 0.2) is 6.29 Å². The van der Waals surface area contributed by atoms with E-state index in [9.17, 15) is 4.79 Å². The van der Waals surface area contributed by atoms with Crippen LogP contribution in [0.25, 0.3) is 10.9 Å². The number of hydrogen-bond donors (Lipinski definition) is 0. The monoisotopic (exact) mass is 347 g/mol. The molecule has 1 aromatic heterocycles. The number of benzene rings is 2. The van der Waals surface area contributed by atoms with Gasteiger partial charge in [0.25, 0.3) is 0 Å². The Balaban J connectivity index is 1.63. The summed E-state index contributed by atoms with van der Waals surface area (Å²) in [6.07, 6.45) is 0.894. The SMILES string of the molecule is COc1cccc2cc(C=O)c(N3CCN(c4ccccc4)CC3)nc12. The summed E-state index contributed by atoms with van der Waals surface area (Å²) in [6.45, 7) is 3.44. The fourth-order valence-corrected chi connectivity index (χ4v) is 3.50. The molecule has 1 fully saturated rings. The van der Waals surface area contributed by atoms with Gasteiger partial charge in [-0.15, -0.1) is 0 Å². The van der Waals surface area contributed by atoms with E-state index >= 15 is 0 Å². The zero-order valence-corrected chi connectivity index (χ0v) is 14.8. The van der Waals surface area contributed by atoms with E-state index in [-0.39, 0.29) is 0 Å². The van der Waals surface area contributed by atoms with E-state index < -0.39 is 0 Å². The molecule has 0 atom stereocenters. The Labute approximate surface area is 152 Å². The van der Waals surface area contributed by atoms with Crippen molar-refractivity contribution in [2.75, 3.05) is 43.1 Å². The first-order chi connectivity index (χ1) is 12.8. The molecule has 5 nitrogen and oxygen atoms in total. The molecule has 0 saturated carbocycles. The minimum Gasteiger partial charge on any atom is -0.494 e. The molecule has 0 aliphatic carbocycles. The van der Waals surface area contributed by atoms with Crippen molar-refractivity contribution in [3.8, 4) is 5.75 Å². The van der Waals surface area contributed by atoms with Crippen LogP contribution in [0.2, 0.25) is 0 Å². The lowest BCUT2D eigenvalue weighted by Gasteiger charge is -2.37. The van der Waals surface area contributed by atoms with Crippen LogP contribution in [0.3, 0.4) is 0 Å². The third kappa shape index (κ3) is 2.96. The summed E-state index contributed by atoms with van der Waals surface area (Å²) in [5, 5.41) is 0.915. The van der Waals surface area contributed by atoms with E-state index in [1.54, 1.807) is 7.11 Å². The summed E-state index contributed by atoms with van der Waals surface area (Å²) in [4.78, 5) is 21.0. The number of methoxy groups -OCH3 is 1.